The van der Waals surface area contributed by atoms with Crippen LogP contribution in [0.3, 0.4) is 0 Å². The van der Waals surface area contributed by atoms with Crippen LogP contribution in [0.4, 0.5) is 0 Å². The van der Waals surface area contributed by atoms with Gasteiger partial charge in [0.1, 0.15) is 0 Å². The van der Waals surface area contributed by atoms with Gasteiger partial charge in [-0.05, 0) is 0 Å². The van der Waals surface area contributed by atoms with Gasteiger partial charge in [-0.25, -0.2) is 0 Å². The third-order valence-corrected chi connectivity index (χ3v) is 33.8. The average molecular weight is 793 g/mol. The molecule has 8 rings (SSSR count). The Kier molecular flexibility index (Phi) is 7.50. The van der Waals surface area contributed by atoms with Crippen LogP contribution in [0.5, 0.6) is 0 Å². The van der Waals surface area contributed by atoms with E-state index in [1.165, 1.54) is 44.5 Å². The van der Waals surface area contributed by atoms with E-state index in [9.17, 15) is 0 Å². The molecule has 2 atom stereocenters. The average Bonchev–Trinajstić information content (AvgIpc) is 3.70. The van der Waals surface area contributed by atoms with Gasteiger partial charge in [0, 0.05) is 0 Å². The number of hydrogen-bond acceptors (Lipinski definition) is 0. The Labute approximate surface area is 287 Å². The Hall–Kier alpha value is -3.33. The molecule has 1 fully saturated rings. The fourth-order valence-electron chi connectivity index (χ4n) is 9.31. The summed E-state index contributed by atoms with van der Waals surface area (Å²) in [7, 11) is -2.27. The van der Waals surface area contributed by atoms with Crippen molar-refractivity contribution in [2.45, 2.75) is 62.8 Å². The molecule has 0 bridgehead atoms. The molecule has 0 saturated carbocycles. The van der Waals surface area contributed by atoms with Crippen molar-refractivity contribution in [3.8, 4) is 22.3 Å². The molecule has 1 heterocycles. The Morgan fingerprint density at radius 2 is 0.936 bits per heavy atom. The molecular formula is C45H46HfSi. The summed E-state index contributed by atoms with van der Waals surface area (Å²) in [5.41, 5.74) is 14.5. The molecular weight excluding hydrogens is 747 g/mol. The summed E-state index contributed by atoms with van der Waals surface area (Å²) < 4.78 is 6.74. The second kappa shape index (κ2) is 11.4. The summed E-state index contributed by atoms with van der Waals surface area (Å²) in [6, 6.07) is 44.8. The van der Waals surface area contributed by atoms with Gasteiger partial charge >= 0.3 is 289 Å². The standard InChI is InChI=1S/C43H40Si.2CH3.Hf/c1-29(2)31-17-21-33(22-18-31)40-15-9-11-35-25-38(27-42(35)40)44(5,37-13-7-6-8-14-37)39-26-36-12-10-16-41(43(36)28-39)34-23-19-32(20-24-34)30(3)4;;;/h6-30H,1-5H3;2*1H3;. The van der Waals surface area contributed by atoms with Gasteiger partial charge in [-0.2, -0.15) is 0 Å². The van der Waals surface area contributed by atoms with Gasteiger partial charge in [-0.3, -0.25) is 0 Å². The molecule has 5 aromatic carbocycles. The van der Waals surface area contributed by atoms with Crippen molar-refractivity contribution >= 4 is 25.4 Å². The second-order valence-electron chi connectivity index (χ2n) is 15.5. The van der Waals surface area contributed by atoms with E-state index in [1.807, 2.05) is 0 Å². The fourth-order valence-corrected chi connectivity index (χ4v) is 40.9. The van der Waals surface area contributed by atoms with Crippen LogP contribution in [0.15, 0.2) is 126 Å². The molecule has 234 valence electrons. The van der Waals surface area contributed by atoms with Crippen molar-refractivity contribution in [3.63, 3.8) is 0 Å². The minimum atomic E-state index is -3.16. The Bertz CT molecular complexity index is 1930. The number of rotatable bonds is 5. The molecule has 2 aliphatic carbocycles. The van der Waals surface area contributed by atoms with Crippen molar-refractivity contribution in [2.75, 3.05) is 0 Å². The molecule has 5 aromatic rings. The van der Waals surface area contributed by atoms with Crippen LogP contribution in [-0.2, 0) is 20.0 Å². The van der Waals surface area contributed by atoms with Crippen molar-refractivity contribution < 1.29 is 20.0 Å². The number of fused-ring (bicyclic) bond motifs is 6. The maximum atomic E-state index is 2.78. The van der Waals surface area contributed by atoms with E-state index in [4.69, 9.17) is 0 Å². The molecule has 0 N–H and O–H groups in total. The minimum absolute atomic E-state index is 0.541. The van der Waals surface area contributed by atoms with Gasteiger partial charge in [-0.15, -0.1) is 0 Å². The van der Waals surface area contributed by atoms with Crippen molar-refractivity contribution in [2.24, 2.45) is 0 Å². The third kappa shape index (κ3) is 4.69. The first-order valence-corrected chi connectivity index (χ1v) is 31.4. The molecule has 0 aromatic heterocycles. The predicted octanol–water partition coefficient (Wildman–Crippen LogP) is 12.2. The molecule has 2 heteroatoms. The zero-order valence-electron chi connectivity index (χ0n) is 28.9. The first-order valence-electron chi connectivity index (χ1n) is 17.6. The Balaban J connectivity index is 1.34. The van der Waals surface area contributed by atoms with Gasteiger partial charge in [0.15, 0.2) is 0 Å². The normalized spacial score (nSPS) is 22.0. The second-order valence-corrected chi connectivity index (χ2v) is 36.8. The number of benzene rings is 5. The topological polar surface area (TPSA) is 0 Å². The van der Waals surface area contributed by atoms with Crippen LogP contribution in [0.2, 0.25) is 15.9 Å². The third-order valence-electron chi connectivity index (χ3n) is 11.9. The summed E-state index contributed by atoms with van der Waals surface area (Å²) in [6.07, 6.45) is 5.41. The summed E-state index contributed by atoms with van der Waals surface area (Å²) in [4.78, 5) is 0. The number of allylic oxidation sites excluding steroid dienone is 2. The Morgan fingerprint density at radius 3 is 1.34 bits per heavy atom. The molecule has 47 heavy (non-hydrogen) atoms. The van der Waals surface area contributed by atoms with Gasteiger partial charge < -0.3 is 0 Å². The first kappa shape index (κ1) is 31.0. The van der Waals surface area contributed by atoms with Crippen molar-refractivity contribution in [1.82, 2.24) is 0 Å². The van der Waals surface area contributed by atoms with Crippen LogP contribution in [0.1, 0.15) is 80.3 Å². The fraction of sp³-hybridized carbons (Fsp3) is 0.244. The Morgan fingerprint density at radius 1 is 0.511 bits per heavy atom. The molecule has 2 unspecified atom stereocenters. The van der Waals surface area contributed by atoms with Crippen LogP contribution in [-0.4, -0.2) is 8.07 Å². The predicted molar refractivity (Wildman–Crippen MR) is 203 cm³/mol. The van der Waals surface area contributed by atoms with Crippen LogP contribution in [0.25, 0.3) is 34.4 Å². The summed E-state index contributed by atoms with van der Waals surface area (Å²) in [5, 5.41) is 5.10. The van der Waals surface area contributed by atoms with E-state index < -0.39 is 28.0 Å². The summed E-state index contributed by atoms with van der Waals surface area (Å²) in [6.45, 7) is 11.8. The van der Waals surface area contributed by atoms with E-state index in [0.717, 1.165) is 0 Å². The monoisotopic (exact) mass is 794 g/mol. The van der Waals surface area contributed by atoms with Crippen molar-refractivity contribution in [3.05, 3.63) is 159 Å². The summed E-state index contributed by atoms with van der Waals surface area (Å²) in [5.74, 6) is 1.08. The van der Waals surface area contributed by atoms with Gasteiger partial charge in [0.25, 0.3) is 0 Å². The van der Waals surface area contributed by atoms with Crippen LogP contribution >= 0.6 is 0 Å². The molecule has 0 nitrogen and oxygen atoms in total. The molecule has 3 aliphatic rings. The van der Waals surface area contributed by atoms with E-state index >= 15 is 0 Å². The van der Waals surface area contributed by atoms with Crippen LogP contribution in [0, 0.1) is 0 Å². The van der Waals surface area contributed by atoms with E-state index in [-0.39, 0.29) is 0 Å². The van der Waals surface area contributed by atoms with Crippen molar-refractivity contribution in [1.29, 1.82) is 0 Å². The maximum absolute atomic E-state index is 3.16. The molecule has 1 saturated heterocycles. The van der Waals surface area contributed by atoms with Gasteiger partial charge in [0.05, 0.1) is 0 Å². The summed E-state index contributed by atoms with van der Waals surface area (Å²) >= 11 is -3.16. The van der Waals surface area contributed by atoms with Crippen LogP contribution < -0.4 is 5.19 Å². The zero-order valence-corrected chi connectivity index (χ0v) is 33.5. The molecule has 1 aliphatic heterocycles. The van der Waals surface area contributed by atoms with Gasteiger partial charge in [0.2, 0.25) is 0 Å². The molecule has 0 amide bonds. The van der Waals surface area contributed by atoms with Gasteiger partial charge in [-0.1, -0.05) is 0 Å². The number of hydrogen-bond donors (Lipinski definition) is 0. The molecule has 0 spiro atoms. The molecule has 0 radical (unpaired) electrons. The van der Waals surface area contributed by atoms with E-state index in [1.54, 1.807) is 26.7 Å². The SMILES string of the molecule is CC(C)c1ccc(-c2cccc3c2C=C2[CH]3[Hf]([CH3])([CH3])[CH]3C(=Cc4c(-c5ccc(C(C)C)cc5)cccc43)[Si]2(C)c2ccccc2)cc1. The van der Waals surface area contributed by atoms with E-state index in [0.29, 0.717) is 19.2 Å². The first-order chi connectivity index (χ1) is 22.6. The quantitative estimate of drug-likeness (QED) is 0.156. The zero-order chi connectivity index (χ0) is 32.7. The van der Waals surface area contributed by atoms with E-state index in [2.05, 4.69) is 171 Å².